The molecule has 1 N–H and O–H groups in total. The summed E-state index contributed by atoms with van der Waals surface area (Å²) in [6, 6.07) is 12.9. The molecule has 19 heavy (non-hydrogen) atoms. The van der Waals surface area contributed by atoms with Crippen molar-refractivity contribution in [2.45, 2.75) is 25.8 Å². The van der Waals surface area contributed by atoms with Crippen LogP contribution < -0.4 is 5.32 Å². The van der Waals surface area contributed by atoms with E-state index in [9.17, 15) is 0 Å². The van der Waals surface area contributed by atoms with E-state index >= 15 is 0 Å². The molecule has 1 unspecified atom stereocenters. The molecule has 2 nitrogen and oxygen atoms in total. The highest BCUT2D eigenvalue weighted by molar-refractivity contribution is 9.10. The summed E-state index contributed by atoms with van der Waals surface area (Å²) in [7, 11) is 0. The fraction of sp³-hybridized carbons (Fsp3) is 0.312. The van der Waals surface area contributed by atoms with Gasteiger partial charge in [-0.1, -0.05) is 41.1 Å². The SMILES string of the molecule is CCCNC(Cc1ccncc1)c1ccccc1Br. The Hall–Kier alpha value is -1.19. The van der Waals surface area contributed by atoms with Gasteiger partial charge in [-0.05, 0) is 48.7 Å². The van der Waals surface area contributed by atoms with Crippen LogP contribution in [0.1, 0.15) is 30.5 Å². The first-order valence-corrected chi connectivity index (χ1v) is 7.47. The smallest absolute Gasteiger partial charge is 0.0372 e. The van der Waals surface area contributed by atoms with Gasteiger partial charge in [0, 0.05) is 22.9 Å². The average Bonchev–Trinajstić information content (AvgIpc) is 2.45. The number of hydrogen-bond acceptors (Lipinski definition) is 2. The molecular formula is C16H19BrN2. The van der Waals surface area contributed by atoms with E-state index in [-0.39, 0.29) is 0 Å². The van der Waals surface area contributed by atoms with E-state index < -0.39 is 0 Å². The Morgan fingerprint density at radius 1 is 1.16 bits per heavy atom. The monoisotopic (exact) mass is 318 g/mol. The lowest BCUT2D eigenvalue weighted by Crippen LogP contribution is -2.24. The normalized spacial score (nSPS) is 12.3. The van der Waals surface area contributed by atoms with Gasteiger partial charge >= 0.3 is 0 Å². The Labute approximate surface area is 123 Å². The van der Waals surface area contributed by atoms with E-state index in [0.29, 0.717) is 6.04 Å². The Kier molecular flexibility index (Phi) is 5.55. The highest BCUT2D eigenvalue weighted by Gasteiger charge is 2.13. The average molecular weight is 319 g/mol. The van der Waals surface area contributed by atoms with Gasteiger partial charge in [-0.15, -0.1) is 0 Å². The van der Waals surface area contributed by atoms with E-state index in [1.54, 1.807) is 0 Å². The summed E-state index contributed by atoms with van der Waals surface area (Å²) >= 11 is 3.65. The maximum absolute atomic E-state index is 4.08. The largest absolute Gasteiger partial charge is 0.310 e. The topological polar surface area (TPSA) is 24.9 Å². The molecule has 2 rings (SSSR count). The molecule has 100 valence electrons. The molecule has 0 bridgehead atoms. The number of benzene rings is 1. The fourth-order valence-corrected chi connectivity index (χ4v) is 2.68. The molecule has 1 heterocycles. The van der Waals surface area contributed by atoms with E-state index in [1.807, 2.05) is 12.4 Å². The van der Waals surface area contributed by atoms with Crippen LogP contribution in [0.25, 0.3) is 0 Å². The summed E-state index contributed by atoms with van der Waals surface area (Å²) in [5.74, 6) is 0. The van der Waals surface area contributed by atoms with Gasteiger partial charge < -0.3 is 5.32 Å². The molecule has 0 spiro atoms. The number of pyridine rings is 1. The van der Waals surface area contributed by atoms with E-state index in [2.05, 4.69) is 69.6 Å². The van der Waals surface area contributed by atoms with Crippen LogP contribution in [0.5, 0.6) is 0 Å². The van der Waals surface area contributed by atoms with Gasteiger partial charge in [0.1, 0.15) is 0 Å². The molecule has 0 saturated heterocycles. The molecule has 1 aromatic heterocycles. The Bertz CT molecular complexity index is 499. The first-order chi connectivity index (χ1) is 9.31. The van der Waals surface area contributed by atoms with Crippen molar-refractivity contribution in [2.24, 2.45) is 0 Å². The van der Waals surface area contributed by atoms with Crippen molar-refractivity contribution in [3.8, 4) is 0 Å². The zero-order chi connectivity index (χ0) is 13.5. The van der Waals surface area contributed by atoms with E-state index in [0.717, 1.165) is 23.9 Å². The quantitative estimate of drug-likeness (QED) is 0.866. The van der Waals surface area contributed by atoms with Crippen molar-refractivity contribution < 1.29 is 0 Å². The van der Waals surface area contributed by atoms with E-state index in [4.69, 9.17) is 0 Å². The summed E-state index contributed by atoms with van der Waals surface area (Å²) in [5, 5.41) is 3.62. The standard InChI is InChI=1S/C16H19BrN2/c1-2-9-19-16(12-13-7-10-18-11-8-13)14-5-3-4-6-15(14)17/h3-8,10-11,16,19H,2,9,12H2,1H3. The fourth-order valence-electron chi connectivity index (χ4n) is 2.12. The molecule has 1 atom stereocenters. The molecule has 0 fully saturated rings. The van der Waals surface area contributed by atoms with Crippen LogP contribution >= 0.6 is 15.9 Å². The van der Waals surface area contributed by atoms with Crippen molar-refractivity contribution in [3.05, 3.63) is 64.4 Å². The van der Waals surface area contributed by atoms with Gasteiger partial charge in [0.05, 0.1) is 0 Å². The molecule has 1 aromatic carbocycles. The third-order valence-electron chi connectivity index (χ3n) is 3.11. The third kappa shape index (κ3) is 4.15. The van der Waals surface area contributed by atoms with Crippen LogP contribution in [0.3, 0.4) is 0 Å². The minimum absolute atomic E-state index is 0.331. The highest BCUT2D eigenvalue weighted by Crippen LogP contribution is 2.25. The van der Waals surface area contributed by atoms with Crippen LogP contribution in [-0.4, -0.2) is 11.5 Å². The Morgan fingerprint density at radius 2 is 1.89 bits per heavy atom. The summed E-state index contributed by atoms with van der Waals surface area (Å²) < 4.78 is 1.16. The lowest BCUT2D eigenvalue weighted by atomic mass is 9.99. The molecule has 3 heteroatoms. The first kappa shape index (κ1) is 14.2. The van der Waals surface area contributed by atoms with Crippen LogP contribution in [-0.2, 0) is 6.42 Å². The van der Waals surface area contributed by atoms with Crippen molar-refractivity contribution in [1.29, 1.82) is 0 Å². The molecule has 0 radical (unpaired) electrons. The maximum atomic E-state index is 4.08. The maximum Gasteiger partial charge on any atom is 0.0372 e. The predicted octanol–water partition coefficient (Wildman–Crippen LogP) is 4.13. The number of hydrogen-bond donors (Lipinski definition) is 1. The molecule has 0 aliphatic heterocycles. The van der Waals surface area contributed by atoms with Gasteiger partial charge in [-0.3, -0.25) is 4.98 Å². The first-order valence-electron chi connectivity index (χ1n) is 6.68. The Balaban J connectivity index is 2.19. The van der Waals surface area contributed by atoms with Crippen molar-refractivity contribution in [1.82, 2.24) is 10.3 Å². The molecular weight excluding hydrogens is 300 g/mol. The van der Waals surface area contributed by atoms with Crippen molar-refractivity contribution in [2.75, 3.05) is 6.54 Å². The number of nitrogens with zero attached hydrogens (tertiary/aromatic N) is 1. The second kappa shape index (κ2) is 7.41. The van der Waals surface area contributed by atoms with Gasteiger partial charge in [0.2, 0.25) is 0 Å². The number of halogens is 1. The second-order valence-corrected chi connectivity index (χ2v) is 5.44. The molecule has 2 aromatic rings. The summed E-state index contributed by atoms with van der Waals surface area (Å²) in [4.78, 5) is 4.08. The van der Waals surface area contributed by atoms with Gasteiger partial charge in [0.15, 0.2) is 0 Å². The van der Waals surface area contributed by atoms with Crippen LogP contribution in [0.4, 0.5) is 0 Å². The van der Waals surface area contributed by atoms with Gasteiger partial charge in [0.25, 0.3) is 0 Å². The molecule has 0 aliphatic carbocycles. The zero-order valence-corrected chi connectivity index (χ0v) is 12.7. The summed E-state index contributed by atoms with van der Waals surface area (Å²) in [6.07, 6.45) is 5.82. The predicted molar refractivity (Wildman–Crippen MR) is 83.1 cm³/mol. The number of aromatic nitrogens is 1. The van der Waals surface area contributed by atoms with Crippen molar-refractivity contribution in [3.63, 3.8) is 0 Å². The highest BCUT2D eigenvalue weighted by atomic mass is 79.9. The van der Waals surface area contributed by atoms with Crippen LogP contribution in [0.15, 0.2) is 53.3 Å². The molecule has 0 amide bonds. The van der Waals surface area contributed by atoms with Crippen LogP contribution in [0.2, 0.25) is 0 Å². The second-order valence-electron chi connectivity index (χ2n) is 4.59. The molecule has 0 saturated carbocycles. The van der Waals surface area contributed by atoms with Gasteiger partial charge in [-0.2, -0.15) is 0 Å². The van der Waals surface area contributed by atoms with Crippen molar-refractivity contribution >= 4 is 15.9 Å². The zero-order valence-electron chi connectivity index (χ0n) is 11.1. The van der Waals surface area contributed by atoms with Crippen LogP contribution in [0, 0.1) is 0 Å². The minimum Gasteiger partial charge on any atom is -0.310 e. The minimum atomic E-state index is 0.331. The van der Waals surface area contributed by atoms with Gasteiger partial charge in [-0.25, -0.2) is 0 Å². The Morgan fingerprint density at radius 3 is 2.58 bits per heavy atom. The number of rotatable bonds is 6. The lowest BCUT2D eigenvalue weighted by molar-refractivity contribution is 0.527. The number of nitrogens with one attached hydrogen (secondary N) is 1. The lowest BCUT2D eigenvalue weighted by Gasteiger charge is -2.20. The van der Waals surface area contributed by atoms with E-state index in [1.165, 1.54) is 11.1 Å². The molecule has 0 aliphatic rings. The summed E-state index contributed by atoms with van der Waals surface area (Å²) in [5.41, 5.74) is 2.62. The summed E-state index contributed by atoms with van der Waals surface area (Å²) in [6.45, 7) is 3.22. The third-order valence-corrected chi connectivity index (χ3v) is 3.83.